The summed E-state index contributed by atoms with van der Waals surface area (Å²) in [7, 11) is -3.41. The number of hydrogen-bond acceptors (Lipinski definition) is 3. The third-order valence-electron chi connectivity index (χ3n) is 3.55. The Morgan fingerprint density at radius 3 is 2.40 bits per heavy atom. The third-order valence-corrected chi connectivity index (χ3v) is 5.38. The number of nitrogens with zero attached hydrogens (tertiary/aromatic N) is 1. The van der Waals surface area contributed by atoms with Crippen LogP contribution in [0.25, 0.3) is 0 Å². The molecule has 0 aliphatic carbocycles. The van der Waals surface area contributed by atoms with Gasteiger partial charge in [-0.25, -0.2) is 8.42 Å². The Balaban J connectivity index is 2.21. The molecule has 0 unspecified atom stereocenters. The first-order valence-corrected chi connectivity index (χ1v) is 10.4. The van der Waals surface area contributed by atoms with E-state index >= 15 is 0 Å². The van der Waals surface area contributed by atoms with Gasteiger partial charge in [0.05, 0.1) is 18.5 Å². The Morgan fingerprint density at radius 1 is 1.24 bits per heavy atom. The third kappa shape index (κ3) is 5.05. The molecule has 0 fully saturated rings. The second-order valence-electron chi connectivity index (χ2n) is 5.54. The number of sulfonamides is 1. The number of rotatable bonds is 6. The molecule has 132 valence electrons. The maximum atomic E-state index is 12.4. The lowest BCUT2D eigenvalue weighted by Crippen LogP contribution is -2.29. The van der Waals surface area contributed by atoms with Gasteiger partial charge in [-0.1, -0.05) is 6.08 Å². The molecule has 0 radical (unpaired) electrons. The summed E-state index contributed by atoms with van der Waals surface area (Å²) < 4.78 is 26.0. The minimum atomic E-state index is -3.41. The van der Waals surface area contributed by atoms with Crippen LogP contribution in [0.5, 0.6) is 0 Å². The molecule has 0 aliphatic heterocycles. The van der Waals surface area contributed by atoms with Crippen molar-refractivity contribution in [2.24, 2.45) is 0 Å². The van der Waals surface area contributed by atoms with Crippen molar-refractivity contribution >= 4 is 49.9 Å². The molecule has 0 saturated carbocycles. The Morgan fingerprint density at radius 2 is 1.88 bits per heavy atom. The van der Waals surface area contributed by atoms with Crippen LogP contribution in [-0.4, -0.2) is 27.1 Å². The van der Waals surface area contributed by atoms with Gasteiger partial charge in [-0.2, -0.15) is 0 Å². The van der Waals surface area contributed by atoms with Crippen LogP contribution in [0.4, 0.5) is 11.4 Å². The zero-order valence-electron chi connectivity index (χ0n) is 14.0. The Kier molecular flexibility index (Phi) is 6.23. The summed E-state index contributed by atoms with van der Waals surface area (Å²) in [4.78, 5) is 12.4. The van der Waals surface area contributed by atoms with Crippen LogP contribution in [0, 0.1) is 10.5 Å². The fourth-order valence-corrected chi connectivity index (χ4v) is 3.82. The van der Waals surface area contributed by atoms with Crippen LogP contribution < -0.4 is 9.62 Å². The fraction of sp³-hybridized carbons (Fsp3) is 0.167. The van der Waals surface area contributed by atoms with Gasteiger partial charge < -0.3 is 5.32 Å². The molecule has 5 nitrogen and oxygen atoms in total. The summed E-state index contributed by atoms with van der Waals surface area (Å²) in [5, 5.41) is 2.87. The molecule has 25 heavy (non-hydrogen) atoms. The molecule has 0 aliphatic rings. The molecule has 0 saturated heterocycles. The average molecular weight is 470 g/mol. The minimum Gasteiger partial charge on any atom is -0.322 e. The van der Waals surface area contributed by atoms with Crippen molar-refractivity contribution in [3.63, 3.8) is 0 Å². The van der Waals surface area contributed by atoms with E-state index in [1.54, 1.807) is 24.3 Å². The van der Waals surface area contributed by atoms with Gasteiger partial charge in [-0.05, 0) is 77.5 Å². The lowest BCUT2D eigenvalue weighted by Gasteiger charge is -2.20. The summed E-state index contributed by atoms with van der Waals surface area (Å²) in [6.07, 6.45) is 2.65. The molecular weight excluding hydrogens is 451 g/mol. The van der Waals surface area contributed by atoms with Crippen molar-refractivity contribution in [2.45, 2.75) is 6.92 Å². The number of benzene rings is 2. The SMILES string of the molecule is C=CCN(c1ccc(C(=O)Nc2ccc(I)cc2C)cc1)S(C)(=O)=O. The first-order valence-electron chi connectivity index (χ1n) is 7.48. The molecule has 0 bridgehead atoms. The summed E-state index contributed by atoms with van der Waals surface area (Å²) in [5.74, 6) is -0.245. The number of halogens is 1. The predicted octanol–water partition coefficient (Wildman–Crippen LogP) is 3.80. The van der Waals surface area contributed by atoms with E-state index in [1.807, 2.05) is 25.1 Å². The number of amides is 1. The lowest BCUT2D eigenvalue weighted by atomic mass is 10.1. The van der Waals surface area contributed by atoms with Crippen molar-refractivity contribution in [2.75, 3.05) is 22.4 Å². The van der Waals surface area contributed by atoms with E-state index in [4.69, 9.17) is 0 Å². The standard InChI is InChI=1S/C18H19IN2O3S/c1-4-11-21(25(3,23)24)16-8-5-14(6-9-16)18(22)20-17-10-7-15(19)12-13(17)2/h4-10,12H,1,11H2,2-3H3,(H,20,22). The number of nitrogens with one attached hydrogen (secondary N) is 1. The monoisotopic (exact) mass is 470 g/mol. The van der Waals surface area contributed by atoms with Crippen molar-refractivity contribution in [1.82, 2.24) is 0 Å². The highest BCUT2D eigenvalue weighted by atomic mass is 127. The second-order valence-corrected chi connectivity index (χ2v) is 8.70. The van der Waals surface area contributed by atoms with Crippen LogP contribution >= 0.6 is 22.6 Å². The molecule has 0 atom stereocenters. The number of carbonyl (C=O) groups excluding carboxylic acids is 1. The van der Waals surface area contributed by atoms with E-state index in [0.717, 1.165) is 21.1 Å². The van der Waals surface area contributed by atoms with Crippen molar-refractivity contribution in [1.29, 1.82) is 0 Å². The molecule has 0 heterocycles. The zero-order chi connectivity index (χ0) is 18.6. The van der Waals surface area contributed by atoms with E-state index in [-0.39, 0.29) is 12.5 Å². The van der Waals surface area contributed by atoms with E-state index in [2.05, 4.69) is 34.5 Å². The van der Waals surface area contributed by atoms with E-state index in [1.165, 1.54) is 10.4 Å². The van der Waals surface area contributed by atoms with Crippen molar-refractivity contribution in [3.8, 4) is 0 Å². The number of aryl methyl sites for hydroxylation is 1. The fourth-order valence-electron chi connectivity index (χ4n) is 2.29. The second kappa shape index (κ2) is 8.01. The first kappa shape index (κ1) is 19.5. The highest BCUT2D eigenvalue weighted by molar-refractivity contribution is 14.1. The summed E-state index contributed by atoms with van der Waals surface area (Å²) in [6.45, 7) is 5.68. The summed E-state index contributed by atoms with van der Waals surface area (Å²) >= 11 is 2.22. The highest BCUT2D eigenvalue weighted by Crippen LogP contribution is 2.21. The molecule has 1 N–H and O–H groups in total. The van der Waals surface area contributed by atoms with Crippen LogP contribution in [0.2, 0.25) is 0 Å². The van der Waals surface area contributed by atoms with Crippen LogP contribution in [0.15, 0.2) is 55.1 Å². The quantitative estimate of drug-likeness (QED) is 0.516. The first-order chi connectivity index (χ1) is 11.7. The normalized spacial score (nSPS) is 11.0. The van der Waals surface area contributed by atoms with Gasteiger partial charge in [-0.15, -0.1) is 6.58 Å². The van der Waals surface area contributed by atoms with E-state index in [0.29, 0.717) is 11.3 Å². The maximum absolute atomic E-state index is 12.4. The Hall–Kier alpha value is -1.87. The molecule has 7 heteroatoms. The molecule has 1 amide bonds. The smallest absolute Gasteiger partial charge is 0.255 e. The van der Waals surface area contributed by atoms with Crippen molar-refractivity contribution in [3.05, 3.63) is 69.8 Å². The van der Waals surface area contributed by atoms with Gasteiger partial charge in [0.2, 0.25) is 10.0 Å². The van der Waals surface area contributed by atoms with E-state index < -0.39 is 10.0 Å². The summed E-state index contributed by atoms with van der Waals surface area (Å²) in [6, 6.07) is 12.2. The Labute approximate surface area is 161 Å². The van der Waals surface area contributed by atoms with E-state index in [9.17, 15) is 13.2 Å². The van der Waals surface area contributed by atoms with Gasteiger partial charge in [0.1, 0.15) is 0 Å². The number of hydrogen-bond donors (Lipinski definition) is 1. The number of anilines is 2. The topological polar surface area (TPSA) is 66.5 Å². The molecule has 0 aromatic heterocycles. The van der Waals surface area contributed by atoms with Crippen LogP contribution in [-0.2, 0) is 10.0 Å². The maximum Gasteiger partial charge on any atom is 0.255 e. The summed E-state index contributed by atoms with van der Waals surface area (Å²) in [5.41, 5.74) is 2.67. The zero-order valence-corrected chi connectivity index (χ0v) is 17.0. The van der Waals surface area contributed by atoms with Crippen LogP contribution in [0.1, 0.15) is 15.9 Å². The molecule has 2 aromatic carbocycles. The molecule has 0 spiro atoms. The largest absolute Gasteiger partial charge is 0.322 e. The predicted molar refractivity (Wildman–Crippen MR) is 111 cm³/mol. The minimum absolute atomic E-state index is 0.173. The molecular formula is C18H19IN2O3S. The van der Waals surface area contributed by atoms with Gasteiger partial charge in [0.25, 0.3) is 5.91 Å². The van der Waals surface area contributed by atoms with Crippen molar-refractivity contribution < 1.29 is 13.2 Å². The Bertz CT molecular complexity index is 893. The van der Waals surface area contributed by atoms with Gasteiger partial charge >= 0.3 is 0 Å². The number of carbonyl (C=O) groups is 1. The van der Waals surface area contributed by atoms with Gasteiger partial charge in [0, 0.05) is 14.8 Å². The average Bonchev–Trinajstić information content (AvgIpc) is 2.54. The lowest BCUT2D eigenvalue weighted by molar-refractivity contribution is 0.102. The van der Waals surface area contributed by atoms with Crippen LogP contribution in [0.3, 0.4) is 0 Å². The van der Waals surface area contributed by atoms with Gasteiger partial charge in [0.15, 0.2) is 0 Å². The highest BCUT2D eigenvalue weighted by Gasteiger charge is 2.16. The molecule has 2 rings (SSSR count). The molecule has 2 aromatic rings. The van der Waals surface area contributed by atoms with Gasteiger partial charge in [-0.3, -0.25) is 9.10 Å².